The molecule has 1 aromatic carbocycles. The normalized spacial score (nSPS) is 10.6. The molecule has 0 aliphatic heterocycles. The lowest BCUT2D eigenvalue weighted by atomic mass is 10.0. The van der Waals surface area contributed by atoms with Crippen molar-refractivity contribution in [1.29, 1.82) is 0 Å². The van der Waals surface area contributed by atoms with Crippen LogP contribution in [-0.4, -0.2) is 37.5 Å². The highest BCUT2D eigenvalue weighted by Gasteiger charge is 2.17. The third-order valence-corrected chi connectivity index (χ3v) is 3.74. The van der Waals surface area contributed by atoms with Crippen LogP contribution in [0, 0.1) is 0 Å². The minimum absolute atomic E-state index is 0.198. The maximum absolute atomic E-state index is 12.8. The molecule has 21 heavy (non-hydrogen) atoms. The van der Waals surface area contributed by atoms with Crippen LogP contribution in [0.15, 0.2) is 24.3 Å². The lowest BCUT2D eigenvalue weighted by Gasteiger charge is -2.23. The van der Waals surface area contributed by atoms with Crippen LogP contribution in [0.1, 0.15) is 55.5 Å². The summed E-state index contributed by atoms with van der Waals surface area (Å²) in [5.41, 5.74) is 2.02. The molecule has 0 aromatic heterocycles. The van der Waals surface area contributed by atoms with Gasteiger partial charge < -0.3 is 10.2 Å². The number of nitrogens with zero attached hydrogens (tertiary/aromatic N) is 1. The van der Waals surface area contributed by atoms with Crippen molar-refractivity contribution in [2.24, 2.45) is 0 Å². The van der Waals surface area contributed by atoms with Crippen LogP contribution >= 0.6 is 0 Å². The third-order valence-electron chi connectivity index (χ3n) is 3.74. The third kappa shape index (κ3) is 5.88. The van der Waals surface area contributed by atoms with E-state index in [0.717, 1.165) is 62.9 Å². The molecule has 1 N–H and O–H groups in total. The average Bonchev–Trinajstić information content (AvgIpc) is 2.52. The number of hydrogen-bond acceptors (Lipinski definition) is 2. The molecule has 0 spiro atoms. The zero-order chi connectivity index (χ0) is 15.5. The zero-order valence-corrected chi connectivity index (χ0v) is 13.8. The van der Waals surface area contributed by atoms with Crippen LogP contribution in [0.5, 0.6) is 0 Å². The molecule has 0 atom stereocenters. The van der Waals surface area contributed by atoms with Gasteiger partial charge in [0.25, 0.3) is 5.91 Å². The van der Waals surface area contributed by atoms with E-state index < -0.39 is 0 Å². The molecule has 1 rings (SSSR count). The molecule has 0 saturated heterocycles. The van der Waals surface area contributed by atoms with Crippen molar-refractivity contribution in [3.05, 3.63) is 35.4 Å². The van der Waals surface area contributed by atoms with Gasteiger partial charge in [-0.1, -0.05) is 44.9 Å². The van der Waals surface area contributed by atoms with Crippen molar-refractivity contribution in [3.63, 3.8) is 0 Å². The molecule has 0 bridgehead atoms. The molecule has 0 heterocycles. The minimum atomic E-state index is 0.198. The Balaban J connectivity index is 2.85. The van der Waals surface area contributed by atoms with Crippen LogP contribution in [0.2, 0.25) is 0 Å². The summed E-state index contributed by atoms with van der Waals surface area (Å²) in [6.07, 6.45) is 5.30. The van der Waals surface area contributed by atoms with Crippen molar-refractivity contribution in [3.8, 4) is 0 Å². The predicted octanol–water partition coefficient (Wildman–Crippen LogP) is 3.49. The second-order valence-corrected chi connectivity index (χ2v) is 5.51. The number of unbranched alkanes of at least 4 members (excludes halogenated alkanes) is 2. The van der Waals surface area contributed by atoms with E-state index in [1.165, 1.54) is 0 Å². The topological polar surface area (TPSA) is 32.3 Å². The Hall–Kier alpha value is -1.35. The molecular weight excluding hydrogens is 260 g/mol. The van der Waals surface area contributed by atoms with E-state index in [4.69, 9.17) is 0 Å². The monoisotopic (exact) mass is 290 g/mol. The van der Waals surface area contributed by atoms with Crippen LogP contribution in [0.3, 0.4) is 0 Å². The first-order chi connectivity index (χ1) is 10.2. The van der Waals surface area contributed by atoms with Gasteiger partial charge in [-0.05, 0) is 44.5 Å². The van der Waals surface area contributed by atoms with Crippen molar-refractivity contribution >= 4 is 5.91 Å². The van der Waals surface area contributed by atoms with E-state index in [0.29, 0.717) is 0 Å². The number of likely N-dealkylation sites (N-methyl/N-ethyl adjacent to an activating group) is 1. The summed E-state index contributed by atoms with van der Waals surface area (Å²) in [6, 6.07) is 8.03. The minimum Gasteiger partial charge on any atom is -0.339 e. The largest absolute Gasteiger partial charge is 0.339 e. The highest BCUT2D eigenvalue weighted by Crippen LogP contribution is 2.14. The number of amides is 1. The van der Waals surface area contributed by atoms with Gasteiger partial charge in [0.15, 0.2) is 0 Å². The van der Waals surface area contributed by atoms with Crippen LogP contribution in [-0.2, 0) is 6.42 Å². The highest BCUT2D eigenvalue weighted by atomic mass is 16.2. The molecule has 0 saturated carbocycles. The van der Waals surface area contributed by atoms with Gasteiger partial charge in [-0.2, -0.15) is 0 Å². The number of benzene rings is 1. The molecule has 3 heteroatoms. The van der Waals surface area contributed by atoms with Gasteiger partial charge in [-0.15, -0.1) is 0 Å². The average molecular weight is 290 g/mol. The van der Waals surface area contributed by atoms with E-state index in [1.54, 1.807) is 0 Å². The Morgan fingerprint density at radius 2 is 1.71 bits per heavy atom. The molecule has 0 unspecified atom stereocenters. The molecule has 0 aliphatic rings. The Labute approximate surface area is 129 Å². The zero-order valence-electron chi connectivity index (χ0n) is 13.8. The first kappa shape index (κ1) is 17.7. The van der Waals surface area contributed by atoms with Gasteiger partial charge in [0.05, 0.1) is 0 Å². The second kappa shape index (κ2) is 10.4. The summed E-state index contributed by atoms with van der Waals surface area (Å²) in [5, 5.41) is 3.16. The quantitative estimate of drug-likeness (QED) is 0.715. The Morgan fingerprint density at radius 1 is 1.10 bits per heavy atom. The fraction of sp³-hybridized carbons (Fsp3) is 0.611. The highest BCUT2D eigenvalue weighted by molar-refractivity contribution is 5.95. The fourth-order valence-electron chi connectivity index (χ4n) is 2.39. The molecule has 0 radical (unpaired) electrons. The smallest absolute Gasteiger partial charge is 0.254 e. The van der Waals surface area contributed by atoms with E-state index in [9.17, 15) is 4.79 Å². The van der Waals surface area contributed by atoms with E-state index >= 15 is 0 Å². The SMILES string of the molecule is CCCCN(CCCC)C(=O)c1ccccc1CCNC. The summed E-state index contributed by atoms with van der Waals surface area (Å²) in [7, 11) is 1.94. The molecule has 0 aliphatic carbocycles. The Bertz CT molecular complexity index is 409. The predicted molar refractivity (Wildman–Crippen MR) is 89.8 cm³/mol. The van der Waals surface area contributed by atoms with Crippen molar-refractivity contribution in [1.82, 2.24) is 10.2 Å². The van der Waals surface area contributed by atoms with Gasteiger partial charge in [0.1, 0.15) is 0 Å². The molecule has 1 aromatic rings. The molecule has 118 valence electrons. The standard InChI is InChI=1S/C18H30N2O/c1-4-6-14-20(15-7-5-2)18(21)17-11-9-8-10-16(17)12-13-19-3/h8-11,19H,4-7,12-15H2,1-3H3. The van der Waals surface area contributed by atoms with Crippen LogP contribution in [0.4, 0.5) is 0 Å². The summed E-state index contributed by atoms with van der Waals surface area (Å²) in [5.74, 6) is 0.198. The molecule has 1 amide bonds. The van der Waals surface area contributed by atoms with E-state index in [2.05, 4.69) is 25.2 Å². The first-order valence-corrected chi connectivity index (χ1v) is 8.26. The summed E-state index contributed by atoms with van der Waals surface area (Å²) in [6.45, 7) is 6.98. The Kier molecular flexibility index (Phi) is 8.76. The first-order valence-electron chi connectivity index (χ1n) is 8.26. The number of nitrogens with one attached hydrogen (secondary N) is 1. The number of hydrogen-bond donors (Lipinski definition) is 1. The maximum Gasteiger partial charge on any atom is 0.254 e. The molecular formula is C18H30N2O. The van der Waals surface area contributed by atoms with Gasteiger partial charge in [0.2, 0.25) is 0 Å². The number of carbonyl (C=O) groups is 1. The second-order valence-electron chi connectivity index (χ2n) is 5.51. The maximum atomic E-state index is 12.8. The van der Waals surface area contributed by atoms with E-state index in [-0.39, 0.29) is 5.91 Å². The van der Waals surface area contributed by atoms with Gasteiger partial charge >= 0.3 is 0 Å². The summed E-state index contributed by atoms with van der Waals surface area (Å²) < 4.78 is 0. The van der Waals surface area contributed by atoms with Gasteiger partial charge in [-0.3, -0.25) is 4.79 Å². The van der Waals surface area contributed by atoms with Crippen LogP contribution < -0.4 is 5.32 Å². The lowest BCUT2D eigenvalue weighted by Crippen LogP contribution is -2.33. The van der Waals surface area contributed by atoms with Gasteiger partial charge in [0, 0.05) is 18.7 Å². The van der Waals surface area contributed by atoms with Crippen LogP contribution in [0.25, 0.3) is 0 Å². The number of carbonyl (C=O) groups excluding carboxylic acids is 1. The van der Waals surface area contributed by atoms with Crippen molar-refractivity contribution in [2.45, 2.75) is 46.0 Å². The molecule has 3 nitrogen and oxygen atoms in total. The Morgan fingerprint density at radius 3 is 2.29 bits per heavy atom. The fourth-order valence-corrected chi connectivity index (χ4v) is 2.39. The molecule has 0 fully saturated rings. The summed E-state index contributed by atoms with van der Waals surface area (Å²) in [4.78, 5) is 14.9. The van der Waals surface area contributed by atoms with Gasteiger partial charge in [-0.25, -0.2) is 0 Å². The lowest BCUT2D eigenvalue weighted by molar-refractivity contribution is 0.0750. The van der Waals surface area contributed by atoms with Crippen molar-refractivity contribution < 1.29 is 4.79 Å². The van der Waals surface area contributed by atoms with Crippen molar-refractivity contribution in [2.75, 3.05) is 26.7 Å². The number of rotatable bonds is 10. The van der Waals surface area contributed by atoms with E-state index in [1.807, 2.05) is 30.1 Å². The summed E-state index contributed by atoms with van der Waals surface area (Å²) >= 11 is 0.